The van der Waals surface area contributed by atoms with Crippen LogP contribution >= 0.6 is 11.6 Å². The van der Waals surface area contributed by atoms with Crippen LogP contribution in [-0.4, -0.2) is 24.9 Å². The third-order valence-electron chi connectivity index (χ3n) is 4.54. The first-order chi connectivity index (χ1) is 14.0. The molecule has 7 N–H and O–H groups in total. The second-order valence-electron chi connectivity index (χ2n) is 6.59. The molecule has 0 radical (unpaired) electrons. The normalized spacial score (nSPS) is 13.3. The molecule has 0 aliphatic carbocycles. The van der Waals surface area contributed by atoms with Gasteiger partial charge in [-0.1, -0.05) is 61.3 Å². The predicted octanol–water partition coefficient (Wildman–Crippen LogP) is 4.10. The van der Waals surface area contributed by atoms with Crippen molar-refractivity contribution in [3.05, 3.63) is 76.0 Å². The minimum absolute atomic E-state index is 0.0108. The fourth-order valence-corrected chi connectivity index (χ4v) is 3.27. The van der Waals surface area contributed by atoms with E-state index in [9.17, 15) is 5.11 Å². The van der Waals surface area contributed by atoms with E-state index in [-0.39, 0.29) is 18.8 Å². The van der Waals surface area contributed by atoms with E-state index in [0.717, 1.165) is 22.4 Å². The Balaban J connectivity index is 0.00000204. The summed E-state index contributed by atoms with van der Waals surface area (Å²) in [4.78, 5) is 0. The van der Waals surface area contributed by atoms with Crippen LogP contribution in [0.1, 0.15) is 43.0 Å². The van der Waals surface area contributed by atoms with Crippen molar-refractivity contribution >= 4 is 17.3 Å². The molecule has 29 heavy (non-hydrogen) atoms. The summed E-state index contributed by atoms with van der Waals surface area (Å²) in [5.41, 5.74) is 17.4. The summed E-state index contributed by atoms with van der Waals surface area (Å²) in [6.07, 6.45) is 2.39. The zero-order valence-electron chi connectivity index (χ0n) is 17.9. The number of anilines is 1. The van der Waals surface area contributed by atoms with Crippen molar-refractivity contribution in [3.8, 4) is 0 Å². The van der Waals surface area contributed by atoms with Gasteiger partial charge in [-0.2, -0.15) is 0 Å². The lowest BCUT2D eigenvalue weighted by atomic mass is 9.94. The number of aryl methyl sites for hydroxylation is 1. The van der Waals surface area contributed by atoms with Gasteiger partial charge in [-0.25, -0.2) is 0 Å². The van der Waals surface area contributed by atoms with E-state index in [0.29, 0.717) is 17.9 Å². The Labute approximate surface area is 180 Å². The number of aliphatic hydroxyl groups is 1. The Kier molecular flexibility index (Phi) is 11.4. The van der Waals surface area contributed by atoms with E-state index in [2.05, 4.69) is 41.8 Å². The number of halogens is 1. The lowest BCUT2D eigenvalue weighted by Crippen LogP contribution is -2.42. The molecule has 0 heterocycles. The van der Waals surface area contributed by atoms with E-state index in [1.165, 1.54) is 5.56 Å². The second-order valence-corrected chi connectivity index (χ2v) is 7.03. The molecule has 2 atom stereocenters. The van der Waals surface area contributed by atoms with Gasteiger partial charge in [-0.3, -0.25) is 5.32 Å². The third-order valence-corrected chi connectivity index (χ3v) is 4.77. The molecule has 0 aliphatic rings. The zero-order valence-corrected chi connectivity index (χ0v) is 18.6. The highest BCUT2D eigenvalue weighted by Crippen LogP contribution is 2.32. The van der Waals surface area contributed by atoms with E-state index in [1.807, 2.05) is 39.1 Å². The maximum Gasteiger partial charge on any atom is 0.0595 e. The minimum Gasteiger partial charge on any atom is -0.405 e. The Hall–Kier alpha value is -2.05. The first-order valence-electron chi connectivity index (χ1n) is 10.0. The van der Waals surface area contributed by atoms with Crippen molar-refractivity contribution in [3.63, 3.8) is 0 Å². The molecule has 0 bridgehead atoms. The number of benzene rings is 2. The number of aliphatic hydroxyl groups excluding tert-OH is 1. The number of nitrogens with two attached hydrogens (primary N) is 2. The lowest BCUT2D eigenvalue weighted by Gasteiger charge is -2.28. The SMILES string of the molecule is CC.CNc1cc(Cl)ccc1C(NC(N)Cc1ccc(C)cc1)/C(=C\N)CCO. The summed E-state index contributed by atoms with van der Waals surface area (Å²) in [6, 6.07) is 13.7. The van der Waals surface area contributed by atoms with Crippen molar-refractivity contribution in [1.82, 2.24) is 5.32 Å². The third kappa shape index (κ3) is 7.71. The Morgan fingerprint density at radius 1 is 1.17 bits per heavy atom. The summed E-state index contributed by atoms with van der Waals surface area (Å²) in [5.74, 6) is 0. The van der Waals surface area contributed by atoms with Crippen LogP contribution in [0, 0.1) is 6.92 Å². The molecule has 5 nitrogen and oxygen atoms in total. The Morgan fingerprint density at radius 3 is 2.38 bits per heavy atom. The lowest BCUT2D eigenvalue weighted by molar-refractivity contribution is 0.293. The highest BCUT2D eigenvalue weighted by Gasteiger charge is 2.22. The highest BCUT2D eigenvalue weighted by atomic mass is 35.5. The van der Waals surface area contributed by atoms with Crippen LogP contribution in [0.4, 0.5) is 5.69 Å². The summed E-state index contributed by atoms with van der Waals surface area (Å²) >= 11 is 6.14. The largest absolute Gasteiger partial charge is 0.405 e. The Morgan fingerprint density at radius 2 is 1.83 bits per heavy atom. The predicted molar refractivity (Wildman–Crippen MR) is 125 cm³/mol. The van der Waals surface area contributed by atoms with Crippen molar-refractivity contribution in [2.24, 2.45) is 11.5 Å². The summed E-state index contributed by atoms with van der Waals surface area (Å²) < 4.78 is 0. The molecule has 2 unspecified atom stereocenters. The topological polar surface area (TPSA) is 96.3 Å². The molecule has 2 aromatic carbocycles. The minimum atomic E-state index is -0.285. The molecule has 2 rings (SSSR count). The van der Waals surface area contributed by atoms with E-state index < -0.39 is 0 Å². The quantitative estimate of drug-likeness (QED) is 0.395. The number of hydrogen-bond donors (Lipinski definition) is 5. The average Bonchev–Trinajstić information content (AvgIpc) is 2.73. The fourth-order valence-electron chi connectivity index (χ4n) is 3.10. The van der Waals surface area contributed by atoms with Crippen LogP contribution in [0.25, 0.3) is 0 Å². The first-order valence-corrected chi connectivity index (χ1v) is 10.4. The van der Waals surface area contributed by atoms with Gasteiger partial charge in [0.1, 0.15) is 0 Å². The molecular formula is C23H35ClN4O. The van der Waals surface area contributed by atoms with E-state index in [4.69, 9.17) is 23.1 Å². The van der Waals surface area contributed by atoms with Crippen LogP contribution in [0.2, 0.25) is 5.02 Å². The van der Waals surface area contributed by atoms with Crippen LogP contribution in [0.5, 0.6) is 0 Å². The summed E-state index contributed by atoms with van der Waals surface area (Å²) in [5, 5.41) is 16.7. The number of rotatable bonds is 9. The summed E-state index contributed by atoms with van der Waals surface area (Å²) in [7, 11) is 1.84. The molecule has 6 heteroatoms. The van der Waals surface area contributed by atoms with Gasteiger partial charge in [0.15, 0.2) is 0 Å². The molecule has 2 aromatic rings. The first kappa shape index (κ1) is 25.0. The molecule has 0 aromatic heterocycles. The highest BCUT2D eigenvalue weighted by molar-refractivity contribution is 6.30. The molecule has 160 valence electrons. The maximum atomic E-state index is 9.44. The van der Waals surface area contributed by atoms with Crippen molar-refractivity contribution < 1.29 is 5.11 Å². The second kappa shape index (κ2) is 13.2. The van der Waals surface area contributed by atoms with Gasteiger partial charge in [0, 0.05) is 30.8 Å². The Bertz CT molecular complexity index is 762. The molecule has 0 spiro atoms. The van der Waals surface area contributed by atoms with Crippen molar-refractivity contribution in [2.75, 3.05) is 19.0 Å². The average molecular weight is 419 g/mol. The van der Waals surface area contributed by atoms with Gasteiger partial charge < -0.3 is 21.9 Å². The summed E-state index contributed by atoms with van der Waals surface area (Å²) in [6.45, 7) is 6.07. The molecule has 0 fully saturated rings. The fraction of sp³-hybridized carbons (Fsp3) is 0.391. The van der Waals surface area contributed by atoms with Gasteiger partial charge in [0.2, 0.25) is 0 Å². The number of nitrogens with one attached hydrogen (secondary N) is 2. The standard InChI is InChI=1S/C21H29ClN4O.C2H6/c1-14-3-5-15(6-4-14)11-20(24)26-21(16(13-23)9-10-27)18-8-7-17(22)12-19(18)25-2;1-2/h3-8,12-13,20-21,25-27H,9-11,23-24H2,1-2H3;1-2H3/b16-13-;. The van der Waals surface area contributed by atoms with E-state index in [1.54, 1.807) is 6.20 Å². The maximum absolute atomic E-state index is 9.44. The molecular weight excluding hydrogens is 384 g/mol. The van der Waals surface area contributed by atoms with Crippen LogP contribution in [0.15, 0.2) is 54.2 Å². The van der Waals surface area contributed by atoms with Crippen molar-refractivity contribution in [2.45, 2.75) is 45.8 Å². The number of hydrogen-bond acceptors (Lipinski definition) is 5. The van der Waals surface area contributed by atoms with Gasteiger partial charge in [0.05, 0.1) is 12.2 Å². The van der Waals surface area contributed by atoms with Crippen LogP contribution in [0.3, 0.4) is 0 Å². The van der Waals surface area contributed by atoms with Gasteiger partial charge in [-0.05, 0) is 48.4 Å². The van der Waals surface area contributed by atoms with Crippen LogP contribution in [-0.2, 0) is 6.42 Å². The van der Waals surface area contributed by atoms with Crippen molar-refractivity contribution in [1.29, 1.82) is 0 Å². The molecule has 0 saturated heterocycles. The monoisotopic (exact) mass is 418 g/mol. The van der Waals surface area contributed by atoms with Gasteiger partial charge >= 0.3 is 0 Å². The van der Waals surface area contributed by atoms with Gasteiger partial charge in [0.25, 0.3) is 0 Å². The zero-order chi connectivity index (χ0) is 21.8. The molecule has 0 aliphatic heterocycles. The molecule has 0 saturated carbocycles. The van der Waals surface area contributed by atoms with E-state index >= 15 is 0 Å². The van der Waals surface area contributed by atoms with Gasteiger partial charge in [-0.15, -0.1) is 0 Å². The van der Waals surface area contributed by atoms with Crippen LogP contribution < -0.4 is 22.1 Å². The smallest absolute Gasteiger partial charge is 0.0595 e. The molecule has 0 amide bonds.